The van der Waals surface area contributed by atoms with Crippen molar-refractivity contribution in [1.82, 2.24) is 9.97 Å². The number of hydrogen-bond acceptors (Lipinski definition) is 3. The van der Waals surface area contributed by atoms with Crippen LogP contribution < -0.4 is 0 Å². The fourth-order valence-corrected chi connectivity index (χ4v) is 6.17. The number of fused-ring (bicyclic) bond motifs is 3. The second kappa shape index (κ2) is 13.3. The molecule has 3 heterocycles. The molecule has 0 aliphatic heterocycles. The second-order valence-electron chi connectivity index (χ2n) is 11.5. The van der Waals surface area contributed by atoms with Gasteiger partial charge in [0.2, 0.25) is 0 Å². The van der Waals surface area contributed by atoms with Crippen LogP contribution in [0.15, 0.2) is 79.1 Å². The van der Waals surface area contributed by atoms with E-state index < -0.39 is 31.0 Å². The van der Waals surface area contributed by atoms with Crippen molar-refractivity contribution >= 4 is 31.5 Å². The van der Waals surface area contributed by atoms with Crippen LogP contribution in [-0.2, 0) is 32.7 Å². The summed E-state index contributed by atoms with van der Waals surface area (Å²) in [4.78, 5) is 8.30. The Balaban J connectivity index is 0.000000221. The fourth-order valence-electron chi connectivity index (χ4n) is 4.85. The molecule has 3 aromatic heterocycles. The van der Waals surface area contributed by atoms with Crippen molar-refractivity contribution in [2.24, 2.45) is 5.41 Å². The summed E-state index contributed by atoms with van der Waals surface area (Å²) in [5.41, 5.74) is 3.23. The molecule has 229 valence electrons. The van der Waals surface area contributed by atoms with Crippen LogP contribution in [0.25, 0.3) is 42.7 Å². The molecule has 3 aromatic carbocycles. The maximum Gasteiger partial charge on any atom is 0.418 e. The van der Waals surface area contributed by atoms with Gasteiger partial charge in [-0.1, -0.05) is 45.8 Å². The van der Waals surface area contributed by atoms with Crippen molar-refractivity contribution in [3.63, 3.8) is 0 Å². The molecule has 0 bridgehead atoms. The quantitative estimate of drug-likeness (QED) is 0.167. The Labute approximate surface area is 283 Å². The van der Waals surface area contributed by atoms with Gasteiger partial charge in [0.1, 0.15) is 0 Å². The molecule has 0 unspecified atom stereocenters. The Morgan fingerprint density at radius 2 is 1.68 bits per heavy atom. The minimum Gasteiger partial charge on any atom is -0.304 e. The van der Waals surface area contributed by atoms with Crippen molar-refractivity contribution in [2.45, 2.75) is 54.0 Å². The molecule has 0 fully saturated rings. The molecule has 2 nitrogen and oxygen atoms in total. The molecule has 0 spiro atoms. The van der Waals surface area contributed by atoms with Gasteiger partial charge in [0.15, 0.2) is 0 Å². The molecule has 0 aliphatic carbocycles. The fraction of sp³-hybridized carbons (Fsp3) is 0.243. The van der Waals surface area contributed by atoms with E-state index in [-0.39, 0.29) is 36.9 Å². The number of thiophene rings is 1. The second-order valence-corrected chi connectivity index (χ2v) is 12.5. The summed E-state index contributed by atoms with van der Waals surface area (Å²) in [6.07, 6.45) is -1.36. The number of aryl methyl sites for hydroxylation is 3. The van der Waals surface area contributed by atoms with E-state index in [0.717, 1.165) is 23.7 Å². The molecule has 0 aliphatic rings. The molecule has 0 saturated carbocycles. The molecule has 0 N–H and O–H groups in total. The number of halogens is 3. The molecule has 0 atom stereocenters. The van der Waals surface area contributed by atoms with Crippen LogP contribution >= 0.6 is 11.3 Å². The number of pyridine rings is 2. The third-order valence-corrected chi connectivity index (χ3v) is 8.25. The molecule has 44 heavy (non-hydrogen) atoms. The van der Waals surface area contributed by atoms with Crippen LogP contribution in [0.5, 0.6) is 0 Å². The first kappa shape index (κ1) is 25.9. The number of rotatable bonds is 3. The molecular weight excluding hydrogens is 754 g/mol. The van der Waals surface area contributed by atoms with E-state index in [0.29, 0.717) is 11.6 Å². The predicted octanol–water partition coefficient (Wildman–Crippen LogP) is 11.0. The molecule has 7 heteroatoms. The van der Waals surface area contributed by atoms with Gasteiger partial charge in [-0.25, -0.2) is 0 Å². The third-order valence-electron chi connectivity index (χ3n) is 6.90. The summed E-state index contributed by atoms with van der Waals surface area (Å²) in [6, 6.07) is 25.4. The molecule has 6 aromatic rings. The third kappa shape index (κ3) is 7.46. The van der Waals surface area contributed by atoms with Crippen LogP contribution in [0.1, 0.15) is 56.8 Å². The van der Waals surface area contributed by atoms with Gasteiger partial charge >= 0.3 is 6.18 Å². The smallest absolute Gasteiger partial charge is 0.304 e. The van der Waals surface area contributed by atoms with E-state index in [1.807, 2.05) is 35.7 Å². The molecule has 0 amide bonds. The Morgan fingerprint density at radius 1 is 0.886 bits per heavy atom. The van der Waals surface area contributed by atoms with Gasteiger partial charge in [0, 0.05) is 55.8 Å². The van der Waals surface area contributed by atoms with Gasteiger partial charge in [-0.15, -0.1) is 82.6 Å². The van der Waals surface area contributed by atoms with Crippen molar-refractivity contribution in [2.75, 3.05) is 0 Å². The van der Waals surface area contributed by atoms with Crippen LogP contribution in [-0.4, -0.2) is 9.97 Å². The summed E-state index contributed by atoms with van der Waals surface area (Å²) in [5.74, 6) is 0. The zero-order chi connectivity index (χ0) is 35.9. The standard InChI is InChI=1S/C23H22NS.C14H11F3N.Ir/c1-15-17(14-23(2,3)4)10-11-18-19-12-13-24-20(22(19)25-21(15)18)16-8-6-5-7-9-16;1-9-3-5-11(6-4-9)13-7-10(2)12(8-18-13)14(15,16)17;/h5-8,10-13H,14H2,1-4H3;3-5,7-8H,1-2H3;/q2*-1;/i;1D3,2D3;. The first-order valence-corrected chi connectivity index (χ1v) is 14.4. The maximum absolute atomic E-state index is 12.9. The number of nitrogens with zero attached hydrogens (tertiary/aromatic N) is 2. The largest absolute Gasteiger partial charge is 0.418 e. The van der Waals surface area contributed by atoms with Crippen molar-refractivity contribution in [1.29, 1.82) is 0 Å². The summed E-state index contributed by atoms with van der Waals surface area (Å²) in [7, 11) is 0. The minimum absolute atomic E-state index is 0. The van der Waals surface area contributed by atoms with Crippen molar-refractivity contribution < 1.29 is 41.5 Å². The van der Waals surface area contributed by atoms with Gasteiger partial charge in [0.05, 0.1) is 5.56 Å². The summed E-state index contributed by atoms with van der Waals surface area (Å²) in [5, 5.41) is 2.64. The summed E-state index contributed by atoms with van der Waals surface area (Å²) >= 11 is 1.87. The van der Waals surface area contributed by atoms with E-state index in [1.165, 1.54) is 49.5 Å². The van der Waals surface area contributed by atoms with Crippen molar-refractivity contribution in [3.05, 3.63) is 119 Å². The number of benzene rings is 3. The minimum atomic E-state index is -4.84. The van der Waals surface area contributed by atoms with E-state index in [9.17, 15) is 13.2 Å². The topological polar surface area (TPSA) is 25.8 Å². The van der Waals surface area contributed by atoms with Crippen LogP contribution in [0.3, 0.4) is 0 Å². The maximum atomic E-state index is 12.9. The number of alkyl halides is 3. The van der Waals surface area contributed by atoms with Crippen molar-refractivity contribution in [3.8, 4) is 22.5 Å². The predicted molar refractivity (Wildman–Crippen MR) is 172 cm³/mol. The summed E-state index contributed by atoms with van der Waals surface area (Å²) in [6.45, 7) is 3.85. The monoisotopic (exact) mass is 793 g/mol. The number of hydrogen-bond donors (Lipinski definition) is 0. The average molecular weight is 793 g/mol. The normalized spacial score (nSPS) is 14.2. The van der Waals surface area contributed by atoms with Gasteiger partial charge in [0.25, 0.3) is 0 Å². The van der Waals surface area contributed by atoms with Gasteiger partial charge < -0.3 is 9.97 Å². The van der Waals surface area contributed by atoms with Gasteiger partial charge in [-0.2, -0.15) is 13.2 Å². The SMILES string of the molecule is Cc1c(CC(C)(C)C)ccc2c1sc1c(-c3[c-]cccc3)nccc12.[2H]C([2H])([2H])c1c[c-]c(-c2cc(C([2H])([2H])[2H])c(C(F)(F)F)cn2)cc1.[Ir]. The van der Waals surface area contributed by atoms with Crippen LogP contribution in [0.2, 0.25) is 0 Å². The first-order valence-electron chi connectivity index (χ1n) is 16.6. The first-order chi connectivity index (χ1) is 22.7. The molecular formula is C37H33F3IrN2S-2. The molecule has 1 radical (unpaired) electrons. The average Bonchev–Trinajstić information content (AvgIpc) is 3.41. The van der Waals surface area contributed by atoms with Crippen LogP contribution in [0, 0.1) is 38.2 Å². The van der Waals surface area contributed by atoms with E-state index in [4.69, 9.17) is 8.22 Å². The Hall–Kier alpha value is -3.38. The Kier molecular flexibility index (Phi) is 7.84. The zero-order valence-electron chi connectivity index (χ0n) is 30.5. The van der Waals surface area contributed by atoms with E-state index >= 15 is 0 Å². The Bertz CT molecular complexity index is 2100. The van der Waals surface area contributed by atoms with Crippen LogP contribution in [0.4, 0.5) is 13.2 Å². The van der Waals surface area contributed by atoms with E-state index in [1.54, 1.807) is 0 Å². The summed E-state index contributed by atoms with van der Waals surface area (Å²) < 4.78 is 85.1. The molecule has 0 saturated heterocycles. The molecule has 6 rings (SSSR count). The Morgan fingerprint density at radius 3 is 2.32 bits per heavy atom. The van der Waals surface area contributed by atoms with Gasteiger partial charge in [-0.3, -0.25) is 0 Å². The zero-order valence-corrected chi connectivity index (χ0v) is 27.7. The van der Waals surface area contributed by atoms with E-state index in [2.05, 4.69) is 74.1 Å². The number of aromatic nitrogens is 2. The van der Waals surface area contributed by atoms with Gasteiger partial charge in [-0.05, 0) is 64.8 Å².